The van der Waals surface area contributed by atoms with Gasteiger partial charge >= 0.3 is 0 Å². The standard InChI is InChI=1S/C16H15F2NO2/c1-10(13-4-2-11(17)8-14(13)18)19-12-3-5-15-16(9-12)21-7-6-20-15/h2-5,8-10,19H,6-7H2,1H3. The Labute approximate surface area is 121 Å². The van der Waals surface area contributed by atoms with E-state index in [1.165, 1.54) is 12.1 Å². The predicted molar refractivity (Wildman–Crippen MR) is 75.8 cm³/mol. The smallest absolute Gasteiger partial charge is 0.163 e. The number of anilines is 1. The van der Waals surface area contributed by atoms with Crippen molar-refractivity contribution in [2.75, 3.05) is 18.5 Å². The van der Waals surface area contributed by atoms with Crippen molar-refractivity contribution < 1.29 is 18.3 Å². The normalized spacial score (nSPS) is 14.6. The van der Waals surface area contributed by atoms with E-state index in [1.807, 2.05) is 25.1 Å². The van der Waals surface area contributed by atoms with E-state index < -0.39 is 11.6 Å². The molecule has 1 N–H and O–H groups in total. The fourth-order valence-electron chi connectivity index (χ4n) is 2.31. The molecule has 0 bridgehead atoms. The Morgan fingerprint density at radius 2 is 1.76 bits per heavy atom. The number of ether oxygens (including phenoxy) is 2. The van der Waals surface area contributed by atoms with Crippen LogP contribution in [0.2, 0.25) is 0 Å². The minimum absolute atomic E-state index is 0.298. The molecular weight excluding hydrogens is 276 g/mol. The van der Waals surface area contributed by atoms with Crippen molar-refractivity contribution in [1.82, 2.24) is 0 Å². The van der Waals surface area contributed by atoms with Crippen LogP contribution in [0.15, 0.2) is 36.4 Å². The summed E-state index contributed by atoms with van der Waals surface area (Å²) in [5, 5.41) is 3.17. The van der Waals surface area contributed by atoms with Crippen LogP contribution < -0.4 is 14.8 Å². The molecule has 1 unspecified atom stereocenters. The van der Waals surface area contributed by atoms with Crippen molar-refractivity contribution in [3.63, 3.8) is 0 Å². The summed E-state index contributed by atoms with van der Waals surface area (Å²) in [6.45, 7) is 2.86. The first-order valence-corrected chi connectivity index (χ1v) is 6.74. The van der Waals surface area contributed by atoms with Gasteiger partial charge in [0, 0.05) is 23.4 Å². The van der Waals surface area contributed by atoms with Gasteiger partial charge in [-0.25, -0.2) is 8.78 Å². The van der Waals surface area contributed by atoms with Gasteiger partial charge in [0.05, 0.1) is 6.04 Å². The van der Waals surface area contributed by atoms with E-state index in [0.717, 1.165) is 11.8 Å². The highest BCUT2D eigenvalue weighted by molar-refractivity contribution is 5.56. The summed E-state index contributed by atoms with van der Waals surface area (Å²) in [6.07, 6.45) is 0. The number of fused-ring (bicyclic) bond motifs is 1. The maximum Gasteiger partial charge on any atom is 0.163 e. The van der Waals surface area contributed by atoms with Gasteiger partial charge < -0.3 is 14.8 Å². The Morgan fingerprint density at radius 3 is 2.52 bits per heavy atom. The van der Waals surface area contributed by atoms with Crippen molar-refractivity contribution in [3.8, 4) is 11.5 Å². The summed E-state index contributed by atoms with van der Waals surface area (Å²) < 4.78 is 37.6. The minimum atomic E-state index is -0.581. The van der Waals surface area contributed by atoms with Crippen LogP contribution in [0, 0.1) is 11.6 Å². The second-order valence-corrected chi connectivity index (χ2v) is 4.89. The Balaban J connectivity index is 1.79. The van der Waals surface area contributed by atoms with Gasteiger partial charge in [-0.05, 0) is 25.1 Å². The summed E-state index contributed by atoms with van der Waals surface area (Å²) in [5.41, 5.74) is 1.20. The predicted octanol–water partition coefficient (Wildman–Crippen LogP) is 3.91. The summed E-state index contributed by atoms with van der Waals surface area (Å²) in [5.74, 6) is 0.223. The van der Waals surface area contributed by atoms with Gasteiger partial charge in [0.1, 0.15) is 24.8 Å². The lowest BCUT2D eigenvalue weighted by atomic mass is 10.1. The molecule has 0 spiro atoms. The lowest BCUT2D eigenvalue weighted by molar-refractivity contribution is 0.171. The highest BCUT2D eigenvalue weighted by atomic mass is 19.1. The third-order valence-electron chi connectivity index (χ3n) is 3.35. The van der Waals surface area contributed by atoms with E-state index in [4.69, 9.17) is 9.47 Å². The Hall–Kier alpha value is -2.30. The molecule has 1 aliphatic rings. The fourth-order valence-corrected chi connectivity index (χ4v) is 2.31. The van der Waals surface area contributed by atoms with Gasteiger partial charge in [-0.2, -0.15) is 0 Å². The van der Waals surface area contributed by atoms with Crippen LogP contribution >= 0.6 is 0 Å². The SMILES string of the molecule is CC(Nc1ccc2c(c1)OCCO2)c1ccc(F)cc1F. The maximum absolute atomic E-state index is 13.8. The molecule has 0 radical (unpaired) electrons. The molecule has 3 nitrogen and oxygen atoms in total. The van der Waals surface area contributed by atoms with Crippen LogP contribution in [-0.2, 0) is 0 Å². The first-order chi connectivity index (χ1) is 10.1. The van der Waals surface area contributed by atoms with E-state index in [9.17, 15) is 8.78 Å². The van der Waals surface area contributed by atoms with Crippen LogP contribution in [0.25, 0.3) is 0 Å². The Kier molecular flexibility index (Phi) is 3.64. The van der Waals surface area contributed by atoms with Crippen molar-refractivity contribution in [2.24, 2.45) is 0 Å². The van der Waals surface area contributed by atoms with Crippen LogP contribution in [-0.4, -0.2) is 13.2 Å². The third kappa shape index (κ3) is 2.91. The molecule has 0 aromatic heterocycles. The van der Waals surface area contributed by atoms with Crippen LogP contribution in [0.5, 0.6) is 11.5 Å². The van der Waals surface area contributed by atoms with Crippen molar-refractivity contribution >= 4 is 5.69 Å². The zero-order valence-corrected chi connectivity index (χ0v) is 11.5. The van der Waals surface area contributed by atoms with E-state index >= 15 is 0 Å². The fraction of sp³-hybridized carbons (Fsp3) is 0.250. The Bertz CT molecular complexity index is 661. The molecule has 1 atom stereocenters. The van der Waals surface area contributed by atoms with Crippen molar-refractivity contribution in [3.05, 3.63) is 53.6 Å². The lowest BCUT2D eigenvalue weighted by Gasteiger charge is -2.21. The van der Waals surface area contributed by atoms with E-state index in [0.29, 0.717) is 30.3 Å². The average molecular weight is 291 g/mol. The largest absolute Gasteiger partial charge is 0.486 e. The maximum atomic E-state index is 13.8. The summed E-state index contributed by atoms with van der Waals surface area (Å²) in [6, 6.07) is 8.74. The van der Waals surface area contributed by atoms with Gasteiger partial charge in [-0.1, -0.05) is 6.07 Å². The molecule has 110 valence electrons. The zero-order valence-electron chi connectivity index (χ0n) is 11.5. The van der Waals surface area contributed by atoms with Crippen molar-refractivity contribution in [1.29, 1.82) is 0 Å². The molecule has 1 heterocycles. The third-order valence-corrected chi connectivity index (χ3v) is 3.35. The second kappa shape index (κ2) is 5.60. The average Bonchev–Trinajstić information content (AvgIpc) is 2.47. The highest BCUT2D eigenvalue weighted by Gasteiger charge is 2.15. The summed E-state index contributed by atoms with van der Waals surface area (Å²) in [7, 11) is 0. The molecule has 0 saturated heterocycles. The number of rotatable bonds is 3. The molecule has 0 aliphatic carbocycles. The van der Waals surface area contributed by atoms with Gasteiger partial charge in [0.15, 0.2) is 11.5 Å². The summed E-state index contributed by atoms with van der Waals surface area (Å²) >= 11 is 0. The number of hydrogen-bond acceptors (Lipinski definition) is 3. The zero-order chi connectivity index (χ0) is 14.8. The Morgan fingerprint density at radius 1 is 1.00 bits per heavy atom. The molecule has 2 aromatic carbocycles. The molecule has 1 aliphatic heterocycles. The first-order valence-electron chi connectivity index (χ1n) is 6.74. The molecule has 2 aromatic rings. The number of hydrogen-bond donors (Lipinski definition) is 1. The molecular formula is C16H15F2NO2. The quantitative estimate of drug-likeness (QED) is 0.930. The molecule has 0 fully saturated rings. The second-order valence-electron chi connectivity index (χ2n) is 4.89. The van der Waals surface area contributed by atoms with E-state index in [-0.39, 0.29) is 6.04 Å². The number of nitrogens with one attached hydrogen (secondary N) is 1. The van der Waals surface area contributed by atoms with Crippen LogP contribution in [0.1, 0.15) is 18.5 Å². The monoisotopic (exact) mass is 291 g/mol. The number of halogens is 2. The topological polar surface area (TPSA) is 30.5 Å². The van der Waals surface area contributed by atoms with Gasteiger partial charge in [0.25, 0.3) is 0 Å². The van der Waals surface area contributed by atoms with Gasteiger partial charge in [0.2, 0.25) is 0 Å². The van der Waals surface area contributed by atoms with Crippen LogP contribution in [0.3, 0.4) is 0 Å². The van der Waals surface area contributed by atoms with Crippen molar-refractivity contribution in [2.45, 2.75) is 13.0 Å². The first kappa shape index (κ1) is 13.7. The van der Waals surface area contributed by atoms with Crippen LogP contribution in [0.4, 0.5) is 14.5 Å². The lowest BCUT2D eigenvalue weighted by Crippen LogP contribution is -2.15. The highest BCUT2D eigenvalue weighted by Crippen LogP contribution is 2.34. The number of benzene rings is 2. The molecule has 0 amide bonds. The minimum Gasteiger partial charge on any atom is -0.486 e. The molecule has 5 heteroatoms. The van der Waals surface area contributed by atoms with E-state index in [2.05, 4.69) is 5.32 Å². The van der Waals surface area contributed by atoms with Gasteiger partial charge in [-0.3, -0.25) is 0 Å². The van der Waals surface area contributed by atoms with Gasteiger partial charge in [-0.15, -0.1) is 0 Å². The summed E-state index contributed by atoms with van der Waals surface area (Å²) in [4.78, 5) is 0. The molecule has 3 rings (SSSR count). The molecule has 0 saturated carbocycles. The molecule has 21 heavy (non-hydrogen) atoms. The van der Waals surface area contributed by atoms with E-state index in [1.54, 1.807) is 0 Å².